The Balaban J connectivity index is 1.99. The van der Waals surface area contributed by atoms with Crippen LogP contribution in [0.5, 0.6) is 11.5 Å². The monoisotopic (exact) mass is 377 g/mol. The van der Waals surface area contributed by atoms with Gasteiger partial charge in [-0.05, 0) is 23.8 Å². The van der Waals surface area contributed by atoms with Gasteiger partial charge in [0.2, 0.25) is 0 Å². The molecular formula is C19H18F3N3O2. The van der Waals surface area contributed by atoms with Crippen molar-refractivity contribution in [1.29, 1.82) is 5.26 Å². The van der Waals surface area contributed by atoms with Gasteiger partial charge in [-0.25, -0.2) is 0 Å². The lowest BCUT2D eigenvalue weighted by Crippen LogP contribution is -2.45. The summed E-state index contributed by atoms with van der Waals surface area (Å²) >= 11 is 0. The fourth-order valence-corrected chi connectivity index (χ4v) is 3.25. The first-order valence-corrected chi connectivity index (χ1v) is 8.41. The first-order chi connectivity index (χ1) is 12.9. The Morgan fingerprint density at radius 2 is 1.78 bits per heavy atom. The molecule has 1 heterocycles. The maximum atomic E-state index is 12.4. The van der Waals surface area contributed by atoms with Gasteiger partial charge in [-0.1, -0.05) is 24.3 Å². The van der Waals surface area contributed by atoms with Crippen LogP contribution in [0.1, 0.15) is 22.7 Å². The van der Waals surface area contributed by atoms with Crippen LogP contribution in [0.2, 0.25) is 0 Å². The van der Waals surface area contributed by atoms with E-state index in [2.05, 4.69) is 15.0 Å². The van der Waals surface area contributed by atoms with E-state index >= 15 is 0 Å². The van der Waals surface area contributed by atoms with E-state index in [-0.39, 0.29) is 23.1 Å². The van der Waals surface area contributed by atoms with Crippen molar-refractivity contribution < 1.29 is 23.0 Å². The number of benzene rings is 2. The second-order valence-corrected chi connectivity index (χ2v) is 6.16. The van der Waals surface area contributed by atoms with Gasteiger partial charge < -0.3 is 15.2 Å². The molecule has 1 saturated heterocycles. The molecule has 27 heavy (non-hydrogen) atoms. The number of hydrogen-bond donors (Lipinski definition) is 2. The highest BCUT2D eigenvalue weighted by Crippen LogP contribution is 2.37. The lowest BCUT2D eigenvalue weighted by Gasteiger charge is -2.36. The van der Waals surface area contributed by atoms with Crippen molar-refractivity contribution in [2.75, 3.05) is 26.2 Å². The maximum Gasteiger partial charge on any atom is 0.573 e. The predicted octanol–water partition coefficient (Wildman–Crippen LogP) is 3.16. The molecule has 1 aliphatic heterocycles. The third-order valence-electron chi connectivity index (χ3n) is 4.43. The zero-order valence-electron chi connectivity index (χ0n) is 14.3. The number of phenols is 1. The molecule has 0 aromatic heterocycles. The summed E-state index contributed by atoms with van der Waals surface area (Å²) in [6, 6.07) is 12.1. The van der Waals surface area contributed by atoms with E-state index in [1.165, 1.54) is 18.2 Å². The molecule has 0 radical (unpaired) electrons. The molecule has 2 aromatic rings. The van der Waals surface area contributed by atoms with Crippen LogP contribution in [0.15, 0.2) is 42.5 Å². The Morgan fingerprint density at radius 3 is 2.37 bits per heavy atom. The van der Waals surface area contributed by atoms with E-state index in [1.54, 1.807) is 24.3 Å². The number of nitrogens with one attached hydrogen (secondary N) is 1. The van der Waals surface area contributed by atoms with Gasteiger partial charge in [-0.3, -0.25) is 4.90 Å². The molecule has 3 rings (SSSR count). The highest BCUT2D eigenvalue weighted by molar-refractivity contribution is 5.51. The summed E-state index contributed by atoms with van der Waals surface area (Å²) in [6.45, 7) is 2.90. The van der Waals surface area contributed by atoms with Gasteiger partial charge in [0.1, 0.15) is 17.6 Å². The van der Waals surface area contributed by atoms with Crippen LogP contribution in [-0.2, 0) is 0 Å². The lowest BCUT2D eigenvalue weighted by molar-refractivity contribution is -0.274. The number of alkyl halides is 3. The minimum atomic E-state index is -4.75. The summed E-state index contributed by atoms with van der Waals surface area (Å²) in [5, 5.41) is 23.0. The topological polar surface area (TPSA) is 68.5 Å². The van der Waals surface area contributed by atoms with E-state index in [1.807, 2.05) is 6.07 Å². The first kappa shape index (κ1) is 19.0. The summed E-state index contributed by atoms with van der Waals surface area (Å²) in [4.78, 5) is 2.12. The number of para-hydroxylation sites is 1. The highest BCUT2D eigenvalue weighted by Gasteiger charge is 2.31. The summed E-state index contributed by atoms with van der Waals surface area (Å²) in [7, 11) is 0. The normalized spacial score (nSPS) is 16.5. The van der Waals surface area contributed by atoms with Gasteiger partial charge in [0.05, 0.1) is 11.6 Å². The number of rotatable bonds is 4. The average Bonchev–Trinajstić information content (AvgIpc) is 2.64. The van der Waals surface area contributed by atoms with Crippen molar-refractivity contribution in [2.24, 2.45) is 0 Å². The fourth-order valence-electron chi connectivity index (χ4n) is 3.25. The van der Waals surface area contributed by atoms with Crippen LogP contribution < -0.4 is 10.1 Å². The van der Waals surface area contributed by atoms with Crippen LogP contribution >= 0.6 is 0 Å². The second-order valence-electron chi connectivity index (χ2n) is 6.16. The van der Waals surface area contributed by atoms with E-state index in [0.29, 0.717) is 24.2 Å². The number of nitrogens with zero attached hydrogens (tertiary/aromatic N) is 2. The van der Waals surface area contributed by atoms with Gasteiger partial charge in [0.25, 0.3) is 0 Å². The quantitative estimate of drug-likeness (QED) is 0.857. The standard InChI is InChI=1S/C19H18F3N3O2/c20-19(21,22)27-15-6-4-13(5-7-15)17(25-10-8-24-9-11-25)16-3-1-2-14(12-23)18(16)26/h1-7,17,24,26H,8-11H2/t17-/m0/s1. The van der Waals surface area contributed by atoms with Crippen LogP contribution in [0.25, 0.3) is 0 Å². The largest absolute Gasteiger partial charge is 0.573 e. The smallest absolute Gasteiger partial charge is 0.506 e. The maximum absolute atomic E-state index is 12.4. The fraction of sp³-hybridized carbons (Fsp3) is 0.316. The molecule has 0 bridgehead atoms. The van der Waals surface area contributed by atoms with Crippen molar-refractivity contribution in [2.45, 2.75) is 12.4 Å². The van der Waals surface area contributed by atoms with Crippen LogP contribution in [0, 0.1) is 11.3 Å². The number of phenolic OH excluding ortho intramolecular Hbond substituents is 1. The third kappa shape index (κ3) is 4.51. The molecule has 5 nitrogen and oxygen atoms in total. The number of aromatic hydroxyl groups is 1. The SMILES string of the molecule is N#Cc1cccc([C@H](c2ccc(OC(F)(F)F)cc2)N2CCNCC2)c1O. The van der Waals surface area contributed by atoms with Gasteiger partial charge in [-0.15, -0.1) is 13.2 Å². The molecule has 2 aromatic carbocycles. The Bertz CT molecular complexity index is 826. The summed E-state index contributed by atoms with van der Waals surface area (Å²) in [6.07, 6.45) is -4.75. The molecular weight excluding hydrogens is 359 g/mol. The van der Waals surface area contributed by atoms with E-state index in [9.17, 15) is 23.5 Å². The van der Waals surface area contributed by atoms with Crippen molar-refractivity contribution in [3.8, 4) is 17.6 Å². The summed E-state index contributed by atoms with van der Waals surface area (Å²) in [5.74, 6) is -0.417. The molecule has 8 heteroatoms. The highest BCUT2D eigenvalue weighted by atomic mass is 19.4. The molecule has 0 amide bonds. The Labute approximate surface area is 154 Å². The Kier molecular flexibility index (Phi) is 5.54. The number of hydrogen-bond acceptors (Lipinski definition) is 5. The second kappa shape index (κ2) is 7.86. The number of halogens is 3. The van der Waals surface area contributed by atoms with Gasteiger partial charge in [-0.2, -0.15) is 5.26 Å². The van der Waals surface area contributed by atoms with Crippen molar-refractivity contribution in [3.05, 3.63) is 59.2 Å². The first-order valence-electron chi connectivity index (χ1n) is 8.41. The third-order valence-corrected chi connectivity index (χ3v) is 4.43. The summed E-state index contributed by atoms with van der Waals surface area (Å²) in [5.41, 5.74) is 1.40. The zero-order valence-corrected chi connectivity index (χ0v) is 14.3. The Morgan fingerprint density at radius 1 is 1.11 bits per heavy atom. The van der Waals surface area contributed by atoms with Gasteiger partial charge in [0, 0.05) is 31.7 Å². The molecule has 0 unspecified atom stereocenters. The van der Waals surface area contributed by atoms with Gasteiger partial charge >= 0.3 is 6.36 Å². The number of ether oxygens (including phenoxy) is 1. The van der Waals surface area contributed by atoms with E-state index in [0.717, 1.165) is 13.1 Å². The van der Waals surface area contributed by atoms with Crippen molar-refractivity contribution in [3.63, 3.8) is 0 Å². The predicted molar refractivity (Wildman–Crippen MR) is 92.2 cm³/mol. The molecule has 1 fully saturated rings. The van der Waals surface area contributed by atoms with E-state index in [4.69, 9.17) is 0 Å². The molecule has 2 N–H and O–H groups in total. The minimum Gasteiger partial charge on any atom is -0.506 e. The minimum absolute atomic E-state index is 0.112. The molecule has 0 spiro atoms. The van der Waals surface area contributed by atoms with E-state index < -0.39 is 6.36 Å². The van der Waals surface area contributed by atoms with Crippen LogP contribution in [-0.4, -0.2) is 42.5 Å². The molecule has 1 atom stereocenters. The van der Waals surface area contributed by atoms with Crippen molar-refractivity contribution >= 4 is 0 Å². The zero-order chi connectivity index (χ0) is 19.4. The average molecular weight is 377 g/mol. The molecule has 142 valence electrons. The van der Waals surface area contributed by atoms with Crippen molar-refractivity contribution in [1.82, 2.24) is 10.2 Å². The van der Waals surface area contributed by atoms with Crippen LogP contribution in [0.4, 0.5) is 13.2 Å². The van der Waals surface area contributed by atoms with Crippen LogP contribution in [0.3, 0.4) is 0 Å². The lowest BCUT2D eigenvalue weighted by atomic mass is 9.94. The summed E-state index contributed by atoms with van der Waals surface area (Å²) < 4.78 is 41.1. The molecule has 1 aliphatic rings. The Hall–Kier alpha value is -2.76. The molecule has 0 saturated carbocycles. The molecule has 0 aliphatic carbocycles. The number of piperazine rings is 1. The van der Waals surface area contributed by atoms with Gasteiger partial charge in [0.15, 0.2) is 0 Å². The number of nitriles is 1.